The van der Waals surface area contributed by atoms with Gasteiger partial charge in [-0.25, -0.2) is 15.0 Å². The van der Waals surface area contributed by atoms with Crippen molar-refractivity contribution in [2.45, 2.75) is 19.8 Å². The largest absolute Gasteiger partial charge is 0.448 e. The van der Waals surface area contributed by atoms with Crippen LogP contribution in [0.1, 0.15) is 30.0 Å². The topological polar surface area (TPSA) is 92.9 Å². The Morgan fingerprint density at radius 2 is 2.08 bits per heavy atom. The molecule has 1 fully saturated rings. The van der Waals surface area contributed by atoms with Gasteiger partial charge in [0.05, 0.1) is 5.56 Å². The van der Waals surface area contributed by atoms with Gasteiger partial charge < -0.3 is 15.1 Å². The molecule has 0 spiro atoms. The summed E-state index contributed by atoms with van der Waals surface area (Å²) in [5, 5.41) is 7.61. The number of fused-ring (bicyclic) bond motifs is 1. The van der Waals surface area contributed by atoms with Gasteiger partial charge in [-0.2, -0.15) is 0 Å². The van der Waals surface area contributed by atoms with Crippen LogP contribution >= 0.6 is 0 Å². The third-order valence-corrected chi connectivity index (χ3v) is 4.15. The highest BCUT2D eigenvalue weighted by Crippen LogP contribution is 2.31. The van der Waals surface area contributed by atoms with Crippen LogP contribution < -0.4 is 10.6 Å². The molecule has 3 aromatic rings. The van der Waals surface area contributed by atoms with Crippen LogP contribution in [0.4, 0.5) is 11.6 Å². The van der Waals surface area contributed by atoms with E-state index >= 15 is 0 Å². The van der Waals surface area contributed by atoms with Gasteiger partial charge in [-0.15, -0.1) is 0 Å². The third-order valence-electron chi connectivity index (χ3n) is 4.15. The Balaban J connectivity index is 1.75. The number of amides is 1. The van der Waals surface area contributed by atoms with Crippen molar-refractivity contribution in [3.63, 3.8) is 0 Å². The number of oxazole rings is 1. The third kappa shape index (κ3) is 3.22. The number of aryl methyl sites for hydroxylation is 1. The van der Waals surface area contributed by atoms with Crippen LogP contribution in [-0.4, -0.2) is 27.9 Å². The normalized spacial score (nSPS) is 13.2. The van der Waals surface area contributed by atoms with E-state index in [1.807, 2.05) is 6.07 Å². The summed E-state index contributed by atoms with van der Waals surface area (Å²) >= 11 is 0. The van der Waals surface area contributed by atoms with Crippen LogP contribution in [0.3, 0.4) is 0 Å². The predicted molar refractivity (Wildman–Crippen MR) is 97.7 cm³/mol. The minimum absolute atomic E-state index is 0.0189. The van der Waals surface area contributed by atoms with Crippen molar-refractivity contribution in [2.24, 2.45) is 5.92 Å². The maximum Gasteiger partial charge on any atom is 0.228 e. The lowest BCUT2D eigenvalue weighted by molar-refractivity contribution is -0.117. The first-order chi connectivity index (χ1) is 12.6. The standard InChI is InChI=1S/C19H17N5O2/c1-11-23-14(10-26-11)6-5-13-8-22-18(20-2)16-9-21-17(7-15(13)16)24-19(25)12-3-4-12/h7-10,12H,3-4H2,1-2H3,(H,20,22)(H,21,24,25). The molecule has 26 heavy (non-hydrogen) atoms. The summed E-state index contributed by atoms with van der Waals surface area (Å²) < 4.78 is 5.17. The van der Waals surface area contributed by atoms with Crippen molar-refractivity contribution < 1.29 is 9.21 Å². The summed E-state index contributed by atoms with van der Waals surface area (Å²) in [7, 11) is 1.80. The summed E-state index contributed by atoms with van der Waals surface area (Å²) in [5.74, 6) is 7.98. The number of rotatable bonds is 3. The van der Waals surface area contributed by atoms with Crippen LogP contribution in [0.5, 0.6) is 0 Å². The van der Waals surface area contributed by atoms with E-state index in [0.717, 1.165) is 29.2 Å². The lowest BCUT2D eigenvalue weighted by Crippen LogP contribution is -2.14. The number of hydrogen-bond donors (Lipinski definition) is 2. The fourth-order valence-electron chi connectivity index (χ4n) is 2.63. The van der Waals surface area contributed by atoms with E-state index < -0.39 is 0 Å². The number of hydrogen-bond acceptors (Lipinski definition) is 6. The summed E-state index contributed by atoms with van der Waals surface area (Å²) in [6.07, 6.45) is 6.80. The highest BCUT2D eigenvalue weighted by molar-refractivity contribution is 5.99. The Kier molecular flexibility index (Phi) is 4.01. The van der Waals surface area contributed by atoms with Crippen molar-refractivity contribution in [1.82, 2.24) is 15.0 Å². The molecular weight excluding hydrogens is 330 g/mol. The summed E-state index contributed by atoms with van der Waals surface area (Å²) in [5.41, 5.74) is 1.29. The molecule has 0 aliphatic heterocycles. The number of pyridine rings is 2. The molecule has 0 atom stereocenters. The van der Waals surface area contributed by atoms with Crippen molar-refractivity contribution in [3.8, 4) is 11.8 Å². The quantitative estimate of drug-likeness (QED) is 0.708. The van der Waals surface area contributed by atoms with Crippen molar-refractivity contribution >= 4 is 28.3 Å². The smallest absolute Gasteiger partial charge is 0.228 e. The van der Waals surface area contributed by atoms with Crippen LogP contribution in [0.2, 0.25) is 0 Å². The molecule has 7 nitrogen and oxygen atoms in total. The molecule has 1 saturated carbocycles. The Morgan fingerprint density at radius 3 is 2.77 bits per heavy atom. The summed E-state index contributed by atoms with van der Waals surface area (Å²) in [4.78, 5) is 24.9. The highest BCUT2D eigenvalue weighted by Gasteiger charge is 2.29. The molecular formula is C19H17N5O2. The molecule has 1 amide bonds. The van der Waals surface area contributed by atoms with Gasteiger partial charge in [0.1, 0.15) is 17.9 Å². The van der Waals surface area contributed by atoms with Crippen molar-refractivity contribution in [2.75, 3.05) is 17.7 Å². The van der Waals surface area contributed by atoms with Gasteiger partial charge in [0.15, 0.2) is 11.6 Å². The molecule has 0 radical (unpaired) electrons. The SMILES string of the molecule is CNc1ncc(C#Cc2coc(C)n2)c2cc(NC(=O)C3CC3)ncc12. The molecule has 0 aromatic carbocycles. The molecule has 7 heteroatoms. The molecule has 130 valence electrons. The van der Waals surface area contributed by atoms with Crippen LogP contribution in [0.15, 0.2) is 29.1 Å². The zero-order chi connectivity index (χ0) is 18.1. The number of carbonyl (C=O) groups excluding carboxylic acids is 1. The van der Waals surface area contributed by atoms with Crippen LogP contribution in [-0.2, 0) is 4.79 Å². The summed E-state index contributed by atoms with van der Waals surface area (Å²) in [6, 6.07) is 1.83. The number of carbonyl (C=O) groups is 1. The van der Waals surface area contributed by atoms with E-state index in [0.29, 0.717) is 23.2 Å². The summed E-state index contributed by atoms with van der Waals surface area (Å²) in [6.45, 7) is 1.77. The Morgan fingerprint density at radius 1 is 1.23 bits per heavy atom. The second-order valence-electron chi connectivity index (χ2n) is 6.15. The zero-order valence-corrected chi connectivity index (χ0v) is 14.5. The van der Waals surface area contributed by atoms with E-state index in [9.17, 15) is 4.79 Å². The average Bonchev–Trinajstić information content (AvgIpc) is 3.42. The second-order valence-corrected chi connectivity index (χ2v) is 6.15. The molecule has 1 aliphatic rings. The zero-order valence-electron chi connectivity index (χ0n) is 14.5. The van der Waals surface area contributed by atoms with Gasteiger partial charge >= 0.3 is 0 Å². The molecule has 4 rings (SSSR count). The Hall–Kier alpha value is -3.40. The van der Waals surface area contributed by atoms with Gasteiger partial charge in [0, 0.05) is 43.1 Å². The maximum atomic E-state index is 12.0. The number of nitrogens with one attached hydrogen (secondary N) is 2. The second kappa shape index (κ2) is 6.48. The van der Waals surface area contributed by atoms with E-state index in [1.54, 1.807) is 26.4 Å². The van der Waals surface area contributed by atoms with E-state index in [-0.39, 0.29) is 11.8 Å². The fourth-order valence-corrected chi connectivity index (χ4v) is 2.63. The molecule has 0 unspecified atom stereocenters. The van der Waals surface area contributed by atoms with E-state index in [1.165, 1.54) is 6.26 Å². The van der Waals surface area contributed by atoms with Gasteiger partial charge in [-0.3, -0.25) is 4.79 Å². The van der Waals surface area contributed by atoms with Crippen molar-refractivity contribution in [3.05, 3.63) is 41.9 Å². The number of nitrogens with zero attached hydrogens (tertiary/aromatic N) is 3. The molecule has 3 aromatic heterocycles. The Labute approximate surface area is 150 Å². The number of anilines is 2. The first-order valence-electron chi connectivity index (χ1n) is 8.35. The monoisotopic (exact) mass is 347 g/mol. The maximum absolute atomic E-state index is 12.0. The van der Waals surface area contributed by atoms with E-state index in [2.05, 4.69) is 37.4 Å². The van der Waals surface area contributed by atoms with Gasteiger partial charge in [-0.05, 0) is 24.8 Å². The molecule has 3 heterocycles. The van der Waals surface area contributed by atoms with Gasteiger partial charge in [-0.1, -0.05) is 5.92 Å². The predicted octanol–water partition coefficient (Wildman–Crippen LogP) is 2.72. The van der Waals surface area contributed by atoms with Crippen LogP contribution in [0, 0.1) is 24.7 Å². The number of aromatic nitrogens is 3. The molecule has 2 N–H and O–H groups in total. The first-order valence-corrected chi connectivity index (χ1v) is 8.35. The molecule has 0 bridgehead atoms. The van der Waals surface area contributed by atoms with Gasteiger partial charge in [0.2, 0.25) is 5.91 Å². The molecule has 1 aliphatic carbocycles. The fraction of sp³-hybridized carbons (Fsp3) is 0.263. The van der Waals surface area contributed by atoms with Crippen molar-refractivity contribution in [1.29, 1.82) is 0 Å². The van der Waals surface area contributed by atoms with E-state index in [4.69, 9.17) is 4.42 Å². The minimum Gasteiger partial charge on any atom is -0.448 e. The lowest BCUT2D eigenvalue weighted by Gasteiger charge is -2.09. The minimum atomic E-state index is 0.0189. The first kappa shape index (κ1) is 16.1. The Bertz CT molecular complexity index is 1060. The van der Waals surface area contributed by atoms with Gasteiger partial charge in [0.25, 0.3) is 0 Å². The lowest BCUT2D eigenvalue weighted by atomic mass is 10.1. The average molecular weight is 347 g/mol. The van der Waals surface area contributed by atoms with Crippen LogP contribution in [0.25, 0.3) is 10.8 Å². The molecule has 0 saturated heterocycles. The highest BCUT2D eigenvalue weighted by atomic mass is 16.3.